The normalized spacial score (nSPS) is 23.7. The number of amides is 1. The van der Waals surface area contributed by atoms with E-state index in [2.05, 4.69) is 5.32 Å². The molecule has 1 amide bonds. The van der Waals surface area contributed by atoms with E-state index in [0.29, 0.717) is 17.7 Å². The largest absolute Gasteiger partial charge is 0.490 e. The predicted octanol–water partition coefficient (Wildman–Crippen LogP) is 1.35. The summed E-state index contributed by atoms with van der Waals surface area (Å²) in [6.07, 6.45) is -2.33. The molecule has 2 N–H and O–H groups in total. The Morgan fingerprint density at radius 1 is 1.36 bits per heavy atom. The van der Waals surface area contributed by atoms with Gasteiger partial charge >= 0.3 is 12.1 Å². The average molecular weight is 320 g/mol. The molecule has 0 aromatic carbocycles. The molecule has 0 saturated carbocycles. The molecule has 2 saturated heterocycles. The lowest BCUT2D eigenvalue weighted by Crippen LogP contribution is -2.44. The van der Waals surface area contributed by atoms with Crippen LogP contribution in [0.4, 0.5) is 13.2 Å². The highest BCUT2D eigenvalue weighted by molar-refractivity contribution is 5.91. The Labute approximate surface area is 123 Å². The van der Waals surface area contributed by atoms with Crippen LogP contribution in [0.5, 0.6) is 0 Å². The van der Waals surface area contributed by atoms with Gasteiger partial charge in [0.1, 0.15) is 0 Å². The fourth-order valence-electron chi connectivity index (χ4n) is 2.55. The molecule has 0 aliphatic carbocycles. The number of nitrogens with zero attached hydrogens (tertiary/aromatic N) is 1. The van der Waals surface area contributed by atoms with Crippen molar-refractivity contribution in [2.45, 2.75) is 18.6 Å². The number of likely N-dealkylation sites (tertiary alicyclic amines) is 1. The number of fused-ring (bicyclic) bond motifs is 2. The first-order valence-electron chi connectivity index (χ1n) is 6.63. The first kappa shape index (κ1) is 16.3. The maximum Gasteiger partial charge on any atom is 0.490 e. The second-order valence-electron chi connectivity index (χ2n) is 5.20. The Kier molecular flexibility index (Phi) is 4.74. The smallest absolute Gasteiger partial charge is 0.475 e. The minimum Gasteiger partial charge on any atom is -0.475 e. The number of carboxylic acids is 1. The van der Waals surface area contributed by atoms with E-state index < -0.39 is 12.1 Å². The minimum absolute atomic E-state index is 0.0263. The third kappa shape index (κ3) is 4.00. The van der Waals surface area contributed by atoms with E-state index in [0.717, 1.165) is 19.6 Å². The molecule has 3 heterocycles. The lowest BCUT2D eigenvalue weighted by molar-refractivity contribution is -0.192. The molecule has 0 spiro atoms. The summed E-state index contributed by atoms with van der Waals surface area (Å²) in [5, 5.41) is 10.5. The summed E-state index contributed by atoms with van der Waals surface area (Å²) in [6.45, 7) is 2.73. The standard InChI is InChI=1S/C11H14N2O2.C2HF3O2/c14-11(10-2-1-3-15-10)13-6-8-4-9(7-13)12-5-8;3-2(4,5)1(6)7/h1-3,8-9,12H,4-7H2;(H,6,7). The van der Waals surface area contributed by atoms with Crippen molar-refractivity contribution in [2.75, 3.05) is 19.6 Å². The van der Waals surface area contributed by atoms with Crippen LogP contribution >= 0.6 is 0 Å². The number of hydrogen-bond acceptors (Lipinski definition) is 4. The van der Waals surface area contributed by atoms with Crippen molar-refractivity contribution in [1.29, 1.82) is 0 Å². The number of nitrogens with one attached hydrogen (secondary N) is 1. The van der Waals surface area contributed by atoms with Crippen LogP contribution < -0.4 is 5.32 Å². The Bertz CT molecular complexity index is 518. The van der Waals surface area contributed by atoms with Crippen LogP contribution in [-0.4, -0.2) is 53.7 Å². The van der Waals surface area contributed by atoms with E-state index in [1.807, 2.05) is 4.90 Å². The fourth-order valence-corrected chi connectivity index (χ4v) is 2.55. The summed E-state index contributed by atoms with van der Waals surface area (Å²) in [6, 6.07) is 3.97. The monoisotopic (exact) mass is 320 g/mol. The Morgan fingerprint density at radius 2 is 2.05 bits per heavy atom. The maximum absolute atomic E-state index is 12.0. The van der Waals surface area contributed by atoms with Gasteiger partial charge in [-0.15, -0.1) is 0 Å². The van der Waals surface area contributed by atoms with Crippen molar-refractivity contribution in [3.05, 3.63) is 24.2 Å². The Balaban J connectivity index is 0.000000217. The topological polar surface area (TPSA) is 82.8 Å². The number of piperidine rings is 1. The predicted molar refractivity (Wildman–Crippen MR) is 68.2 cm³/mol. The molecule has 2 fully saturated rings. The number of furan rings is 1. The van der Waals surface area contributed by atoms with Crippen LogP contribution in [0.1, 0.15) is 17.0 Å². The molecule has 2 bridgehead atoms. The summed E-state index contributed by atoms with van der Waals surface area (Å²) < 4.78 is 36.9. The molecular weight excluding hydrogens is 305 g/mol. The van der Waals surface area contributed by atoms with Gasteiger partial charge in [-0.3, -0.25) is 4.79 Å². The average Bonchev–Trinajstić information content (AvgIpc) is 3.07. The van der Waals surface area contributed by atoms with E-state index in [9.17, 15) is 18.0 Å². The molecular formula is C13H15F3N2O4. The van der Waals surface area contributed by atoms with Gasteiger partial charge in [0.25, 0.3) is 5.91 Å². The van der Waals surface area contributed by atoms with Gasteiger partial charge in [0.05, 0.1) is 6.26 Å². The number of carbonyl (C=O) groups is 2. The van der Waals surface area contributed by atoms with Gasteiger partial charge < -0.3 is 19.7 Å². The zero-order valence-electron chi connectivity index (χ0n) is 11.5. The molecule has 2 aliphatic heterocycles. The molecule has 2 unspecified atom stereocenters. The highest BCUT2D eigenvalue weighted by Crippen LogP contribution is 2.23. The van der Waals surface area contributed by atoms with E-state index in [-0.39, 0.29) is 5.91 Å². The summed E-state index contributed by atoms with van der Waals surface area (Å²) in [5.74, 6) is -1.65. The van der Waals surface area contributed by atoms with Gasteiger partial charge in [-0.2, -0.15) is 13.2 Å². The lowest BCUT2D eigenvalue weighted by atomic mass is 10.00. The summed E-state index contributed by atoms with van der Waals surface area (Å²) in [7, 11) is 0. The van der Waals surface area contributed by atoms with Gasteiger partial charge in [0.2, 0.25) is 0 Å². The maximum atomic E-state index is 12.0. The Hall–Kier alpha value is -2.03. The summed E-state index contributed by atoms with van der Waals surface area (Å²) in [5.41, 5.74) is 0. The molecule has 0 radical (unpaired) electrons. The first-order chi connectivity index (χ1) is 10.3. The molecule has 3 rings (SSSR count). The molecule has 9 heteroatoms. The fraction of sp³-hybridized carbons (Fsp3) is 0.538. The minimum atomic E-state index is -5.08. The number of hydrogen-bond donors (Lipinski definition) is 2. The van der Waals surface area contributed by atoms with Gasteiger partial charge in [0, 0.05) is 25.7 Å². The number of carboxylic acid groups (broad SMARTS) is 1. The van der Waals surface area contributed by atoms with Crippen LogP contribution in [0.2, 0.25) is 0 Å². The van der Waals surface area contributed by atoms with Crippen LogP contribution in [0.15, 0.2) is 22.8 Å². The third-order valence-corrected chi connectivity index (χ3v) is 3.49. The van der Waals surface area contributed by atoms with Crippen LogP contribution in [0.25, 0.3) is 0 Å². The highest BCUT2D eigenvalue weighted by atomic mass is 19.4. The zero-order valence-corrected chi connectivity index (χ0v) is 11.5. The van der Waals surface area contributed by atoms with Crippen LogP contribution in [0.3, 0.4) is 0 Å². The van der Waals surface area contributed by atoms with Gasteiger partial charge in [0.15, 0.2) is 5.76 Å². The number of aliphatic carboxylic acids is 1. The van der Waals surface area contributed by atoms with Gasteiger partial charge in [-0.25, -0.2) is 4.79 Å². The molecule has 122 valence electrons. The number of alkyl halides is 3. The second kappa shape index (κ2) is 6.39. The molecule has 1 aromatic heterocycles. The summed E-state index contributed by atoms with van der Waals surface area (Å²) in [4.78, 5) is 22.8. The van der Waals surface area contributed by atoms with Crippen molar-refractivity contribution in [3.8, 4) is 0 Å². The van der Waals surface area contributed by atoms with Crippen LogP contribution in [-0.2, 0) is 4.79 Å². The first-order valence-corrected chi connectivity index (χ1v) is 6.63. The number of rotatable bonds is 1. The molecule has 22 heavy (non-hydrogen) atoms. The van der Waals surface area contributed by atoms with E-state index in [4.69, 9.17) is 14.3 Å². The van der Waals surface area contributed by atoms with Crippen LogP contribution in [0, 0.1) is 5.92 Å². The van der Waals surface area contributed by atoms with Crippen molar-refractivity contribution in [2.24, 2.45) is 5.92 Å². The van der Waals surface area contributed by atoms with Crippen molar-refractivity contribution >= 4 is 11.9 Å². The molecule has 6 nitrogen and oxygen atoms in total. The molecule has 2 atom stereocenters. The third-order valence-electron chi connectivity index (χ3n) is 3.49. The second-order valence-corrected chi connectivity index (χ2v) is 5.20. The SMILES string of the molecule is O=C(O)C(F)(F)F.O=C(c1ccco1)N1CC2CNC(C2)C1. The Morgan fingerprint density at radius 3 is 2.55 bits per heavy atom. The number of halogens is 3. The van der Waals surface area contributed by atoms with Crippen molar-refractivity contribution in [3.63, 3.8) is 0 Å². The van der Waals surface area contributed by atoms with Gasteiger partial charge in [-0.1, -0.05) is 0 Å². The van der Waals surface area contributed by atoms with Gasteiger partial charge in [-0.05, 0) is 24.5 Å². The highest BCUT2D eigenvalue weighted by Gasteiger charge is 2.38. The lowest BCUT2D eigenvalue weighted by Gasteiger charge is -2.30. The quantitative estimate of drug-likeness (QED) is 0.816. The number of carbonyl (C=O) groups excluding carboxylic acids is 1. The van der Waals surface area contributed by atoms with Crippen molar-refractivity contribution in [1.82, 2.24) is 10.2 Å². The van der Waals surface area contributed by atoms with E-state index in [1.165, 1.54) is 6.42 Å². The van der Waals surface area contributed by atoms with Crippen molar-refractivity contribution < 1.29 is 32.3 Å². The van der Waals surface area contributed by atoms with E-state index in [1.54, 1.807) is 18.4 Å². The summed E-state index contributed by atoms with van der Waals surface area (Å²) >= 11 is 0. The van der Waals surface area contributed by atoms with E-state index >= 15 is 0 Å². The zero-order chi connectivity index (χ0) is 16.3. The molecule has 2 aliphatic rings. The molecule has 1 aromatic rings.